The van der Waals surface area contributed by atoms with Gasteiger partial charge in [0.05, 0.1) is 0 Å². The zero-order valence-electron chi connectivity index (χ0n) is 13.9. The molecule has 0 fully saturated rings. The van der Waals surface area contributed by atoms with Gasteiger partial charge in [-0.15, -0.1) is 0 Å². The number of ether oxygens (including phenoxy) is 1. The van der Waals surface area contributed by atoms with Crippen LogP contribution in [0.25, 0.3) is 0 Å². The molecule has 11 heteroatoms. The van der Waals surface area contributed by atoms with E-state index in [1.54, 1.807) is 31.2 Å². The highest BCUT2D eigenvalue weighted by atomic mass is 35.5. The minimum absolute atomic E-state index is 0.312. The fourth-order valence-corrected chi connectivity index (χ4v) is 3.16. The predicted molar refractivity (Wildman–Crippen MR) is 99.1 cm³/mol. The normalized spacial score (nSPS) is 21.7. The van der Waals surface area contributed by atoms with Crippen molar-refractivity contribution in [2.24, 2.45) is 5.73 Å². The highest BCUT2D eigenvalue weighted by molar-refractivity contribution is 7.91. The van der Waals surface area contributed by atoms with Gasteiger partial charge in [0.15, 0.2) is 13.3 Å². The van der Waals surface area contributed by atoms with Gasteiger partial charge in [0.25, 0.3) is 10.1 Å². The van der Waals surface area contributed by atoms with Crippen LogP contribution in [0.5, 0.6) is 0 Å². The second-order valence-electron chi connectivity index (χ2n) is 6.32. The smallest absolute Gasteiger partial charge is 0.300 e. The van der Waals surface area contributed by atoms with Crippen LogP contribution in [-0.2, 0) is 29.3 Å². The molecule has 0 aliphatic carbocycles. The van der Waals surface area contributed by atoms with Gasteiger partial charge in [0, 0.05) is 9.57 Å². The van der Waals surface area contributed by atoms with E-state index in [1.165, 1.54) is 23.5 Å². The zero-order valence-corrected chi connectivity index (χ0v) is 15.5. The van der Waals surface area contributed by atoms with Crippen LogP contribution >= 0.6 is 11.6 Å². The second kappa shape index (κ2) is 6.08. The minimum Gasteiger partial charge on any atom is -0.467 e. The van der Waals surface area contributed by atoms with Crippen molar-refractivity contribution in [2.45, 2.75) is 23.4 Å². The molecule has 6 nitrogen and oxygen atoms in total. The summed E-state index contributed by atoms with van der Waals surface area (Å²) in [5.74, 6) is -1.50. The summed E-state index contributed by atoms with van der Waals surface area (Å²) in [6.45, 7) is 1.71. The van der Waals surface area contributed by atoms with Crippen molar-refractivity contribution in [1.82, 2.24) is 0 Å². The maximum Gasteiger partial charge on any atom is 0.300 e. The standard InChI is InChI=1S/C13H17B3ClNO5S/c1-2-12(14,15)24(20,21)23-9-10(19)13(16,22-11(9)18)7-3-5-8(17)6-4-7/h3-6H,2,14-16,18H2,1H3/t13-/m1/s1. The van der Waals surface area contributed by atoms with Crippen molar-refractivity contribution in [2.75, 3.05) is 0 Å². The van der Waals surface area contributed by atoms with Crippen LogP contribution < -0.4 is 5.73 Å². The number of carbonyl (C=O) groups is 1. The van der Waals surface area contributed by atoms with Crippen molar-refractivity contribution in [1.29, 1.82) is 0 Å². The van der Waals surface area contributed by atoms with Gasteiger partial charge in [-0.2, -0.15) is 8.42 Å². The van der Waals surface area contributed by atoms with Crippen LogP contribution in [0.2, 0.25) is 5.02 Å². The molecular formula is C13H17B3ClNO5S. The van der Waals surface area contributed by atoms with Crippen LogP contribution in [-0.4, -0.2) is 42.3 Å². The first-order valence-corrected chi connectivity index (χ1v) is 9.17. The molecule has 1 aliphatic rings. The van der Waals surface area contributed by atoms with Crippen molar-refractivity contribution in [3.8, 4) is 0 Å². The van der Waals surface area contributed by atoms with Crippen LogP contribution in [0.3, 0.4) is 0 Å². The van der Waals surface area contributed by atoms with E-state index in [9.17, 15) is 13.2 Å². The monoisotopic (exact) mass is 367 g/mol. The lowest BCUT2D eigenvalue weighted by atomic mass is 9.68. The molecule has 2 N–H and O–H groups in total. The summed E-state index contributed by atoms with van der Waals surface area (Å²) in [4.78, 5) is 12.7. The molecule has 1 aromatic rings. The lowest BCUT2D eigenvalue weighted by Gasteiger charge is -2.24. The Labute approximate surface area is 149 Å². The molecule has 0 unspecified atom stereocenters. The Morgan fingerprint density at radius 2 is 1.88 bits per heavy atom. The van der Waals surface area contributed by atoms with E-state index >= 15 is 0 Å². The predicted octanol–water partition coefficient (Wildman–Crippen LogP) is -1.47. The molecule has 1 heterocycles. The number of carbonyl (C=O) groups excluding carboxylic acids is 1. The fraction of sp³-hybridized carbons (Fsp3) is 0.308. The highest BCUT2D eigenvalue weighted by Gasteiger charge is 2.50. The van der Waals surface area contributed by atoms with E-state index in [0.717, 1.165) is 0 Å². The first kappa shape index (κ1) is 18.8. The number of benzene rings is 1. The second-order valence-corrected chi connectivity index (χ2v) is 8.93. The average molecular weight is 367 g/mol. The average Bonchev–Trinajstić information content (AvgIpc) is 2.72. The van der Waals surface area contributed by atoms with Gasteiger partial charge in [-0.25, -0.2) is 0 Å². The number of nitrogens with two attached hydrogens (primary N) is 1. The third-order valence-corrected chi connectivity index (χ3v) is 6.57. The Hall–Kier alpha value is -1.54. The van der Waals surface area contributed by atoms with E-state index < -0.39 is 31.7 Å². The maximum atomic E-state index is 12.7. The molecule has 0 radical (unpaired) electrons. The number of Topliss-reactive ketones (excluding diaryl/α,β-unsaturated/α-hetero) is 1. The molecule has 0 saturated carbocycles. The molecule has 2 rings (SSSR count). The summed E-state index contributed by atoms with van der Waals surface area (Å²) in [6.07, 6.45) is 0.312. The summed E-state index contributed by atoms with van der Waals surface area (Å²) >= 11 is 5.85. The van der Waals surface area contributed by atoms with Gasteiger partial charge in [0.2, 0.25) is 17.4 Å². The third kappa shape index (κ3) is 3.04. The molecule has 126 valence electrons. The van der Waals surface area contributed by atoms with Crippen molar-refractivity contribution < 1.29 is 22.1 Å². The van der Waals surface area contributed by atoms with E-state index in [4.69, 9.17) is 26.3 Å². The summed E-state index contributed by atoms with van der Waals surface area (Å²) < 4.78 is 34.1. The van der Waals surface area contributed by atoms with Crippen LogP contribution in [0.1, 0.15) is 18.9 Å². The third-order valence-electron chi connectivity index (χ3n) is 4.29. The van der Waals surface area contributed by atoms with E-state index in [1.807, 2.05) is 0 Å². The molecule has 1 atom stereocenters. The van der Waals surface area contributed by atoms with Crippen LogP contribution in [0.15, 0.2) is 35.9 Å². The van der Waals surface area contributed by atoms with Gasteiger partial charge < -0.3 is 14.7 Å². The number of hydrogen-bond acceptors (Lipinski definition) is 6. The molecular weight excluding hydrogens is 350 g/mol. The van der Waals surface area contributed by atoms with E-state index in [-0.39, 0.29) is 5.88 Å². The molecule has 0 saturated heterocycles. The largest absolute Gasteiger partial charge is 0.467 e. The van der Waals surface area contributed by atoms with Crippen LogP contribution in [0.4, 0.5) is 0 Å². The Morgan fingerprint density at radius 3 is 2.38 bits per heavy atom. The van der Waals surface area contributed by atoms with E-state index in [0.29, 0.717) is 17.0 Å². The Morgan fingerprint density at radius 1 is 1.33 bits per heavy atom. The molecule has 0 spiro atoms. The number of hydrogen-bond donors (Lipinski definition) is 1. The Balaban J connectivity index is 2.36. The first-order chi connectivity index (χ1) is 10.9. The van der Waals surface area contributed by atoms with Gasteiger partial charge in [0.1, 0.15) is 15.7 Å². The lowest BCUT2D eigenvalue weighted by molar-refractivity contribution is -0.126. The van der Waals surface area contributed by atoms with Gasteiger partial charge in [-0.3, -0.25) is 4.79 Å². The Kier molecular flexibility index (Phi) is 4.76. The number of halogens is 1. The van der Waals surface area contributed by atoms with Gasteiger partial charge in [-0.1, -0.05) is 30.7 Å². The molecule has 0 bridgehead atoms. The summed E-state index contributed by atoms with van der Waals surface area (Å²) in [5, 5.41) is 0.498. The Bertz CT molecular complexity index is 809. The van der Waals surface area contributed by atoms with Crippen molar-refractivity contribution >= 4 is 51.0 Å². The number of ketones is 1. The van der Waals surface area contributed by atoms with Crippen LogP contribution in [0, 0.1) is 0 Å². The molecule has 0 amide bonds. The summed E-state index contributed by atoms with van der Waals surface area (Å²) in [5.41, 5.74) is 4.75. The fourth-order valence-electron chi connectivity index (χ4n) is 2.08. The molecule has 1 aromatic carbocycles. The quantitative estimate of drug-likeness (QED) is 0.504. The maximum absolute atomic E-state index is 12.7. The molecule has 24 heavy (non-hydrogen) atoms. The van der Waals surface area contributed by atoms with E-state index in [2.05, 4.69) is 0 Å². The highest BCUT2D eigenvalue weighted by Crippen LogP contribution is 2.37. The first-order valence-electron chi connectivity index (χ1n) is 7.38. The minimum atomic E-state index is -4.06. The number of rotatable bonds is 5. The lowest BCUT2D eigenvalue weighted by Crippen LogP contribution is -2.42. The SMILES string of the molecule is BC(B)(CC)S(=O)(=O)OC1=C(N)O[C@](B)(c2ccc(Cl)cc2)C1=O. The van der Waals surface area contributed by atoms with Crippen molar-refractivity contribution in [3.63, 3.8) is 0 Å². The summed E-state index contributed by atoms with van der Waals surface area (Å²) in [7, 11) is 0.465. The molecule has 0 aromatic heterocycles. The topological polar surface area (TPSA) is 95.7 Å². The van der Waals surface area contributed by atoms with Crippen molar-refractivity contribution in [3.05, 3.63) is 46.5 Å². The van der Waals surface area contributed by atoms with Gasteiger partial charge in [-0.05, 0) is 24.1 Å². The summed E-state index contributed by atoms with van der Waals surface area (Å²) in [6, 6.07) is 6.43. The molecule has 1 aliphatic heterocycles. The van der Waals surface area contributed by atoms with Gasteiger partial charge >= 0.3 is 0 Å². The zero-order chi connectivity index (χ0) is 18.3.